The predicted molar refractivity (Wildman–Crippen MR) is 46.1 cm³/mol. The second-order valence-electron chi connectivity index (χ2n) is 2.83. The molecule has 3 N–H and O–H groups in total. The number of aromatic nitrogens is 2. The van der Waals surface area contributed by atoms with E-state index in [2.05, 4.69) is 9.97 Å². The quantitative estimate of drug-likeness (QED) is 0.670. The van der Waals surface area contributed by atoms with Crippen molar-refractivity contribution in [3.63, 3.8) is 0 Å². The van der Waals surface area contributed by atoms with Crippen LogP contribution in [0.2, 0.25) is 0 Å². The van der Waals surface area contributed by atoms with Crippen LogP contribution in [-0.4, -0.2) is 27.1 Å². The van der Waals surface area contributed by atoms with Gasteiger partial charge in [-0.1, -0.05) is 0 Å². The minimum atomic E-state index is -1.04. The van der Waals surface area contributed by atoms with E-state index in [-0.39, 0.29) is 6.42 Å². The van der Waals surface area contributed by atoms with Gasteiger partial charge in [0.1, 0.15) is 11.9 Å². The maximum absolute atomic E-state index is 10.4. The Morgan fingerprint density at radius 2 is 2.15 bits per heavy atom. The van der Waals surface area contributed by atoms with Gasteiger partial charge >= 0.3 is 5.97 Å². The van der Waals surface area contributed by atoms with Gasteiger partial charge < -0.3 is 10.8 Å². The average Bonchev–Trinajstić information content (AvgIpc) is 2.08. The molecule has 0 aromatic carbocycles. The maximum atomic E-state index is 10.4. The molecule has 1 heterocycles. The highest BCUT2D eigenvalue weighted by molar-refractivity contribution is 5.73. The number of carboxylic acids is 1. The molecule has 0 spiro atoms. The van der Waals surface area contributed by atoms with Gasteiger partial charge in [-0.2, -0.15) is 0 Å². The number of carboxylic acid groups (broad SMARTS) is 1. The Morgan fingerprint density at radius 1 is 1.62 bits per heavy atom. The molecule has 1 atom stereocenters. The normalized spacial score (nSPS) is 12.5. The van der Waals surface area contributed by atoms with E-state index in [0.717, 1.165) is 5.56 Å². The molecule has 0 bridgehead atoms. The van der Waals surface area contributed by atoms with Gasteiger partial charge in [-0.25, -0.2) is 9.97 Å². The molecule has 70 valence electrons. The van der Waals surface area contributed by atoms with Gasteiger partial charge in [-0.3, -0.25) is 4.79 Å². The van der Waals surface area contributed by atoms with Crippen molar-refractivity contribution in [3.8, 4) is 0 Å². The Labute approximate surface area is 75.6 Å². The zero-order valence-corrected chi connectivity index (χ0v) is 7.27. The lowest BCUT2D eigenvalue weighted by molar-refractivity contribution is -0.138. The first-order chi connectivity index (χ1) is 6.09. The van der Waals surface area contributed by atoms with Gasteiger partial charge in [-0.15, -0.1) is 0 Å². The van der Waals surface area contributed by atoms with Gasteiger partial charge in [-0.05, 0) is 12.5 Å². The summed E-state index contributed by atoms with van der Waals surface area (Å²) >= 11 is 0. The molecule has 0 radical (unpaired) electrons. The Balaban J connectivity index is 2.64. The standard InChI is InChI=1S/C8H11N3O2/c1-5-3-10-7(11-4-5)2-6(9)8(12)13/h3-4,6H,2,9H2,1H3,(H,12,13)/t6-/m0/s1. The molecule has 5 nitrogen and oxygen atoms in total. The van der Waals surface area contributed by atoms with Crippen LogP contribution in [0.4, 0.5) is 0 Å². The topological polar surface area (TPSA) is 89.1 Å². The number of hydrogen-bond acceptors (Lipinski definition) is 4. The van der Waals surface area contributed by atoms with Crippen molar-refractivity contribution < 1.29 is 9.90 Å². The molecular weight excluding hydrogens is 170 g/mol. The van der Waals surface area contributed by atoms with Crippen LogP contribution in [0.1, 0.15) is 11.4 Å². The lowest BCUT2D eigenvalue weighted by Crippen LogP contribution is -2.32. The molecule has 0 unspecified atom stereocenters. The van der Waals surface area contributed by atoms with Crippen LogP contribution < -0.4 is 5.73 Å². The van der Waals surface area contributed by atoms with Crippen LogP contribution in [0.25, 0.3) is 0 Å². The third-order valence-electron chi connectivity index (χ3n) is 1.55. The smallest absolute Gasteiger partial charge is 0.320 e. The van der Waals surface area contributed by atoms with E-state index in [1.54, 1.807) is 12.4 Å². The highest BCUT2D eigenvalue weighted by atomic mass is 16.4. The summed E-state index contributed by atoms with van der Waals surface area (Å²) in [5.41, 5.74) is 6.24. The van der Waals surface area contributed by atoms with Gasteiger partial charge in [0, 0.05) is 18.8 Å². The molecule has 5 heteroatoms. The van der Waals surface area contributed by atoms with Crippen LogP contribution in [0.5, 0.6) is 0 Å². The summed E-state index contributed by atoms with van der Waals surface area (Å²) in [7, 11) is 0. The van der Waals surface area contributed by atoms with E-state index in [9.17, 15) is 4.79 Å². The van der Waals surface area contributed by atoms with Crippen molar-refractivity contribution in [1.82, 2.24) is 9.97 Å². The van der Waals surface area contributed by atoms with E-state index in [1.165, 1.54) is 0 Å². The molecule has 0 saturated heterocycles. The second kappa shape index (κ2) is 3.95. The van der Waals surface area contributed by atoms with Crippen molar-refractivity contribution in [2.45, 2.75) is 19.4 Å². The SMILES string of the molecule is Cc1cnc(C[C@H](N)C(=O)O)nc1. The summed E-state index contributed by atoms with van der Waals surface area (Å²) in [6.45, 7) is 1.86. The van der Waals surface area contributed by atoms with Crippen molar-refractivity contribution in [3.05, 3.63) is 23.8 Å². The van der Waals surface area contributed by atoms with Crippen molar-refractivity contribution in [2.24, 2.45) is 5.73 Å². The molecule has 0 amide bonds. The fourth-order valence-electron chi connectivity index (χ4n) is 0.809. The maximum Gasteiger partial charge on any atom is 0.320 e. The largest absolute Gasteiger partial charge is 0.480 e. The van der Waals surface area contributed by atoms with Gasteiger partial charge in [0.15, 0.2) is 0 Å². The average molecular weight is 181 g/mol. The first kappa shape index (κ1) is 9.60. The molecular formula is C8H11N3O2. The van der Waals surface area contributed by atoms with Crippen LogP contribution in [0.3, 0.4) is 0 Å². The molecule has 0 aliphatic heterocycles. The highest BCUT2D eigenvalue weighted by Crippen LogP contribution is 1.96. The lowest BCUT2D eigenvalue weighted by Gasteiger charge is -2.04. The zero-order chi connectivity index (χ0) is 9.84. The summed E-state index contributed by atoms with van der Waals surface area (Å²) in [5.74, 6) is -0.579. The molecule has 1 aromatic heterocycles. The van der Waals surface area contributed by atoms with Gasteiger partial charge in [0.05, 0.1) is 0 Å². The molecule has 1 rings (SSSR count). The van der Waals surface area contributed by atoms with Gasteiger partial charge in [0.2, 0.25) is 0 Å². The van der Waals surface area contributed by atoms with Crippen molar-refractivity contribution in [1.29, 1.82) is 0 Å². The third kappa shape index (κ3) is 2.79. The number of nitrogens with zero attached hydrogens (tertiary/aromatic N) is 2. The third-order valence-corrected chi connectivity index (χ3v) is 1.55. The van der Waals surface area contributed by atoms with Crippen LogP contribution in [0, 0.1) is 6.92 Å². The molecule has 13 heavy (non-hydrogen) atoms. The fraction of sp³-hybridized carbons (Fsp3) is 0.375. The molecule has 1 aromatic rings. The summed E-state index contributed by atoms with van der Waals surface area (Å²) in [6, 6.07) is -0.928. The van der Waals surface area contributed by atoms with Crippen molar-refractivity contribution in [2.75, 3.05) is 0 Å². The monoisotopic (exact) mass is 181 g/mol. The zero-order valence-electron chi connectivity index (χ0n) is 7.27. The van der Waals surface area contributed by atoms with E-state index in [4.69, 9.17) is 10.8 Å². The van der Waals surface area contributed by atoms with Crippen LogP contribution in [-0.2, 0) is 11.2 Å². The minimum absolute atomic E-state index is 0.162. The summed E-state index contributed by atoms with van der Waals surface area (Å²) in [4.78, 5) is 18.3. The van der Waals surface area contributed by atoms with Crippen molar-refractivity contribution >= 4 is 5.97 Å². The Hall–Kier alpha value is -1.49. The molecule has 0 aliphatic rings. The van der Waals surface area contributed by atoms with Gasteiger partial charge in [0.25, 0.3) is 0 Å². The number of nitrogens with two attached hydrogens (primary N) is 1. The summed E-state index contributed by atoms with van der Waals surface area (Å²) in [6.07, 6.45) is 3.43. The summed E-state index contributed by atoms with van der Waals surface area (Å²) in [5, 5.41) is 8.52. The van der Waals surface area contributed by atoms with E-state index in [0.29, 0.717) is 5.82 Å². The molecule has 0 aliphatic carbocycles. The number of aryl methyl sites for hydroxylation is 1. The Morgan fingerprint density at radius 3 is 2.62 bits per heavy atom. The molecule has 0 fully saturated rings. The number of hydrogen-bond donors (Lipinski definition) is 2. The van der Waals surface area contributed by atoms with Crippen LogP contribution >= 0.6 is 0 Å². The predicted octanol–water partition coefficient (Wildman–Crippen LogP) is -0.261. The first-order valence-corrected chi connectivity index (χ1v) is 3.85. The molecule has 0 saturated carbocycles. The number of rotatable bonds is 3. The first-order valence-electron chi connectivity index (χ1n) is 3.85. The Kier molecular flexibility index (Phi) is 2.92. The van der Waals surface area contributed by atoms with E-state index >= 15 is 0 Å². The minimum Gasteiger partial charge on any atom is -0.480 e. The van der Waals surface area contributed by atoms with E-state index < -0.39 is 12.0 Å². The highest BCUT2D eigenvalue weighted by Gasteiger charge is 2.13. The fourth-order valence-corrected chi connectivity index (χ4v) is 0.809. The second-order valence-corrected chi connectivity index (χ2v) is 2.83. The number of carbonyl (C=O) groups is 1. The van der Waals surface area contributed by atoms with Crippen LogP contribution in [0.15, 0.2) is 12.4 Å². The Bertz CT molecular complexity index is 297. The van der Waals surface area contributed by atoms with E-state index in [1.807, 2.05) is 6.92 Å². The lowest BCUT2D eigenvalue weighted by atomic mass is 10.2. The summed E-state index contributed by atoms with van der Waals surface area (Å²) < 4.78 is 0. The number of aliphatic carboxylic acids is 1.